The van der Waals surface area contributed by atoms with Crippen LogP contribution in [0.4, 0.5) is 0 Å². The smallest absolute Gasteiger partial charge is 0.252 e. The molecule has 2 heterocycles. The molecule has 8 nitrogen and oxygen atoms in total. The number of nitrogens with zero attached hydrogens (tertiary/aromatic N) is 2. The normalized spacial score (nSPS) is 22.0. The van der Waals surface area contributed by atoms with Gasteiger partial charge in [0.1, 0.15) is 12.1 Å². The molecular formula is C29H43N3O5. The predicted octanol–water partition coefficient (Wildman–Crippen LogP) is 2.92. The van der Waals surface area contributed by atoms with Gasteiger partial charge in [0.25, 0.3) is 11.8 Å². The van der Waals surface area contributed by atoms with Gasteiger partial charge in [0.05, 0.1) is 12.6 Å². The van der Waals surface area contributed by atoms with E-state index in [-0.39, 0.29) is 53.9 Å². The van der Waals surface area contributed by atoms with E-state index in [2.05, 4.69) is 26.1 Å². The van der Waals surface area contributed by atoms with Crippen molar-refractivity contribution in [1.82, 2.24) is 15.1 Å². The number of ketones is 1. The van der Waals surface area contributed by atoms with Crippen LogP contribution in [-0.2, 0) is 19.8 Å². The fourth-order valence-electron chi connectivity index (χ4n) is 5.20. The van der Waals surface area contributed by atoms with Crippen molar-refractivity contribution in [2.45, 2.75) is 90.8 Å². The summed E-state index contributed by atoms with van der Waals surface area (Å²) in [5.41, 5.74) is 1.80. The Morgan fingerprint density at radius 3 is 2.35 bits per heavy atom. The van der Waals surface area contributed by atoms with Crippen LogP contribution in [0.2, 0.25) is 0 Å². The molecule has 0 saturated carbocycles. The molecule has 0 bridgehead atoms. The number of aliphatic hydroxyl groups excluding tert-OH is 1. The Labute approximate surface area is 220 Å². The Kier molecular flexibility index (Phi) is 9.16. The van der Waals surface area contributed by atoms with Crippen LogP contribution in [0.1, 0.15) is 83.1 Å². The van der Waals surface area contributed by atoms with E-state index in [1.165, 1.54) is 10.5 Å². The summed E-state index contributed by atoms with van der Waals surface area (Å²) in [6.45, 7) is 12.9. The van der Waals surface area contributed by atoms with E-state index in [1.807, 2.05) is 45.0 Å². The second-order valence-electron chi connectivity index (χ2n) is 11.8. The average molecular weight is 514 g/mol. The molecule has 37 heavy (non-hydrogen) atoms. The van der Waals surface area contributed by atoms with E-state index in [4.69, 9.17) is 0 Å². The third-order valence-electron chi connectivity index (χ3n) is 7.92. The number of fused-ring (bicyclic) bond motifs is 1. The number of hydrogen-bond acceptors (Lipinski definition) is 5. The van der Waals surface area contributed by atoms with Crippen molar-refractivity contribution in [3.8, 4) is 0 Å². The van der Waals surface area contributed by atoms with Crippen LogP contribution in [0.25, 0.3) is 0 Å². The Morgan fingerprint density at radius 2 is 1.76 bits per heavy atom. The first-order valence-corrected chi connectivity index (χ1v) is 13.5. The van der Waals surface area contributed by atoms with Gasteiger partial charge in [0, 0.05) is 25.1 Å². The monoisotopic (exact) mass is 513 g/mol. The Hall–Kier alpha value is -2.74. The maximum Gasteiger partial charge on any atom is 0.252 e. The summed E-state index contributed by atoms with van der Waals surface area (Å²) in [6, 6.07) is 6.64. The van der Waals surface area contributed by atoms with Gasteiger partial charge in [-0.1, -0.05) is 60.1 Å². The van der Waals surface area contributed by atoms with Crippen molar-refractivity contribution in [3.63, 3.8) is 0 Å². The highest BCUT2D eigenvalue weighted by molar-refractivity contribution is 5.98. The number of rotatable bonds is 9. The lowest BCUT2D eigenvalue weighted by Gasteiger charge is -2.28. The number of aliphatic hydroxyl groups is 1. The first-order valence-electron chi connectivity index (χ1n) is 13.5. The predicted molar refractivity (Wildman–Crippen MR) is 142 cm³/mol. The van der Waals surface area contributed by atoms with Crippen LogP contribution in [-0.4, -0.2) is 76.2 Å². The standard InChI is InChI=1S/C29H43N3O5/c1-7-19(3)26(35)28(37)32-17-23(33)25-22(32)13-15-31(25)24(34)16-18(2)12-14-30-27(36)20-8-10-21(11-9-20)29(4,5)6/h8-11,18-19,22,25-26,35H,7,12-17H2,1-6H3,(H,30,36). The van der Waals surface area contributed by atoms with Crippen LogP contribution in [0, 0.1) is 11.8 Å². The van der Waals surface area contributed by atoms with Crippen LogP contribution >= 0.6 is 0 Å². The zero-order valence-electron chi connectivity index (χ0n) is 23.1. The lowest BCUT2D eigenvalue weighted by Crippen LogP contribution is -2.47. The molecule has 2 N–H and O–H groups in total. The zero-order valence-corrected chi connectivity index (χ0v) is 23.1. The summed E-state index contributed by atoms with van der Waals surface area (Å²) in [6.07, 6.45) is 0.984. The zero-order chi connectivity index (χ0) is 27.5. The molecule has 204 valence electrons. The molecule has 0 aliphatic carbocycles. The molecule has 8 heteroatoms. The molecule has 3 amide bonds. The van der Waals surface area contributed by atoms with Crippen molar-refractivity contribution >= 4 is 23.5 Å². The molecule has 5 atom stereocenters. The minimum atomic E-state index is -1.13. The second kappa shape index (κ2) is 11.8. The largest absolute Gasteiger partial charge is 0.383 e. The lowest BCUT2D eigenvalue weighted by atomic mass is 9.87. The molecule has 2 aliphatic heterocycles. The number of Topliss-reactive ketones (excluding diaryl/α,β-unsaturated/α-hetero) is 1. The van der Waals surface area contributed by atoms with Crippen LogP contribution in [0.3, 0.4) is 0 Å². The summed E-state index contributed by atoms with van der Waals surface area (Å²) < 4.78 is 0. The van der Waals surface area contributed by atoms with Gasteiger partial charge < -0.3 is 20.2 Å². The first kappa shape index (κ1) is 28.8. The average Bonchev–Trinajstić information content (AvgIpc) is 3.43. The van der Waals surface area contributed by atoms with E-state index < -0.39 is 18.1 Å². The van der Waals surface area contributed by atoms with E-state index >= 15 is 0 Å². The summed E-state index contributed by atoms with van der Waals surface area (Å²) in [7, 11) is 0. The Bertz CT molecular complexity index is 1000. The number of carbonyl (C=O) groups excluding carboxylic acids is 4. The van der Waals surface area contributed by atoms with Crippen LogP contribution < -0.4 is 5.32 Å². The molecule has 1 aromatic rings. The number of benzene rings is 1. The molecule has 5 unspecified atom stereocenters. The fraction of sp³-hybridized carbons (Fsp3) is 0.655. The molecule has 3 rings (SSSR count). The van der Waals surface area contributed by atoms with Gasteiger partial charge in [0.15, 0.2) is 5.78 Å². The van der Waals surface area contributed by atoms with Gasteiger partial charge in [-0.25, -0.2) is 0 Å². The van der Waals surface area contributed by atoms with E-state index in [0.29, 0.717) is 37.9 Å². The minimum Gasteiger partial charge on any atom is -0.383 e. The van der Waals surface area contributed by atoms with Gasteiger partial charge in [-0.05, 0) is 47.8 Å². The number of likely N-dealkylation sites (tertiary alicyclic amines) is 2. The van der Waals surface area contributed by atoms with Gasteiger partial charge in [-0.15, -0.1) is 0 Å². The highest BCUT2D eigenvalue weighted by atomic mass is 16.3. The molecule has 0 spiro atoms. The molecule has 1 aromatic carbocycles. The van der Waals surface area contributed by atoms with Crippen molar-refractivity contribution in [2.75, 3.05) is 19.6 Å². The van der Waals surface area contributed by atoms with E-state index in [1.54, 1.807) is 4.90 Å². The third kappa shape index (κ3) is 6.58. The summed E-state index contributed by atoms with van der Waals surface area (Å²) in [5.74, 6) is -0.961. The van der Waals surface area contributed by atoms with E-state index in [9.17, 15) is 24.3 Å². The van der Waals surface area contributed by atoms with Crippen LogP contribution in [0.5, 0.6) is 0 Å². The minimum absolute atomic E-state index is 0.0246. The van der Waals surface area contributed by atoms with Gasteiger partial charge in [-0.2, -0.15) is 0 Å². The van der Waals surface area contributed by atoms with Gasteiger partial charge >= 0.3 is 0 Å². The Balaban J connectivity index is 1.48. The lowest BCUT2D eigenvalue weighted by molar-refractivity contribution is -0.144. The van der Waals surface area contributed by atoms with Crippen molar-refractivity contribution in [1.29, 1.82) is 0 Å². The fourth-order valence-corrected chi connectivity index (χ4v) is 5.20. The van der Waals surface area contributed by atoms with E-state index in [0.717, 1.165) is 0 Å². The van der Waals surface area contributed by atoms with Gasteiger partial charge in [-0.3, -0.25) is 19.2 Å². The summed E-state index contributed by atoms with van der Waals surface area (Å²) >= 11 is 0. The molecular weight excluding hydrogens is 470 g/mol. The second-order valence-corrected chi connectivity index (χ2v) is 11.8. The number of nitrogens with one attached hydrogen (secondary N) is 1. The SMILES string of the molecule is CCC(C)C(O)C(=O)N1CC(=O)C2C1CCN2C(=O)CC(C)CCNC(=O)c1ccc(C(C)(C)C)cc1. The van der Waals surface area contributed by atoms with Crippen molar-refractivity contribution in [2.24, 2.45) is 11.8 Å². The Morgan fingerprint density at radius 1 is 1.11 bits per heavy atom. The number of hydrogen-bond donors (Lipinski definition) is 2. The molecule has 0 aromatic heterocycles. The van der Waals surface area contributed by atoms with Crippen molar-refractivity contribution < 1.29 is 24.3 Å². The summed E-state index contributed by atoms with van der Waals surface area (Å²) in [5, 5.41) is 13.3. The molecule has 2 aliphatic rings. The maximum absolute atomic E-state index is 13.1. The number of carbonyl (C=O) groups is 4. The first-order chi connectivity index (χ1) is 17.3. The van der Waals surface area contributed by atoms with Crippen LogP contribution in [0.15, 0.2) is 24.3 Å². The highest BCUT2D eigenvalue weighted by Crippen LogP contribution is 2.32. The maximum atomic E-state index is 13.1. The molecule has 2 saturated heterocycles. The van der Waals surface area contributed by atoms with Gasteiger partial charge in [0.2, 0.25) is 5.91 Å². The molecule has 0 radical (unpaired) electrons. The quantitative estimate of drug-likeness (QED) is 0.528. The topological polar surface area (TPSA) is 107 Å². The number of amides is 3. The van der Waals surface area contributed by atoms with Crippen molar-refractivity contribution in [3.05, 3.63) is 35.4 Å². The third-order valence-corrected chi connectivity index (χ3v) is 7.92. The summed E-state index contributed by atoms with van der Waals surface area (Å²) in [4.78, 5) is 54.2. The highest BCUT2D eigenvalue weighted by Gasteiger charge is 2.52. The molecule has 2 fully saturated rings.